The lowest BCUT2D eigenvalue weighted by Crippen LogP contribution is -2.41. The summed E-state index contributed by atoms with van der Waals surface area (Å²) < 4.78 is 0. The molecule has 84 heavy (non-hydrogen) atoms. The van der Waals surface area contributed by atoms with Gasteiger partial charge in [0.1, 0.15) is 0 Å². The lowest BCUT2D eigenvalue weighted by Gasteiger charge is -2.20. The zero-order valence-corrected chi connectivity index (χ0v) is 53.5. The molecule has 0 saturated carbocycles. The molecule has 0 spiro atoms. The van der Waals surface area contributed by atoms with Crippen molar-refractivity contribution in [3.8, 4) is 0 Å². The van der Waals surface area contributed by atoms with Gasteiger partial charge in [-0.15, -0.1) is 25.0 Å². The number of hydrogen-bond acceptors (Lipinski definition) is 25. The van der Waals surface area contributed by atoms with E-state index < -0.39 is 0 Å². The summed E-state index contributed by atoms with van der Waals surface area (Å²) in [5.74, 6) is 0. The first kappa shape index (κ1) is 87.4. The van der Waals surface area contributed by atoms with Gasteiger partial charge < -0.3 is 106 Å². The Bertz CT molecular complexity index is 1510. The standard InChI is InChI=1S/C13H31N5O2.C12H30N6O2.C9H23N5O2.C8H20N4O2.C7H19N5O2/c1-4-5-11-17(18(20)16-19)12-7-9-14-8-6-10-15-13(2)3;1-12(2)15-9-5-11-17(18(20)16-19)10-4-8-14-7-3-6-13;1-9(2)11-6-4-8-13(7-3-5-10)14(16)12-15;1-4-6-11(12(14)10-13)7-5-9-8(2)3;1-7(2)9-4-6-11(5-3-8)12(14)10-13/h13-15,19H,4-12H2,1-3H3;12,14-15,19H,3-11,13H2,1-2H3;9,11,15H,3-8,10H2,1-2H3;8-9,13H,4-7H2,1-3H3;7,9,13H,3-6,8H2,1-2H3/p-5/b2*18-16-;14-12-;2*12-10-. The molecule has 504 valence electrons. The minimum atomic E-state index is 0.0366. The molecule has 35 nitrogen and oxygen atoms in total. The van der Waals surface area contributed by atoms with Crippen molar-refractivity contribution in [2.24, 2.45) is 43.6 Å². The Kier molecular flexibility index (Phi) is 67.8. The van der Waals surface area contributed by atoms with Gasteiger partial charge in [-0.1, -0.05) is 89.5 Å². The summed E-state index contributed by atoms with van der Waals surface area (Å²) in [5.41, 5.74) is 16.0. The van der Waals surface area contributed by atoms with Gasteiger partial charge in [0, 0.05) is 74.7 Å². The Labute approximate surface area is 503 Å². The van der Waals surface area contributed by atoms with E-state index >= 15 is 0 Å². The second-order valence-electron chi connectivity index (χ2n) is 20.7. The van der Waals surface area contributed by atoms with Crippen LogP contribution in [0.5, 0.6) is 0 Å². The van der Waals surface area contributed by atoms with Crippen LogP contribution < -0.4 is 54.4 Å². The van der Waals surface area contributed by atoms with E-state index in [4.69, 9.17) is 17.2 Å². The summed E-state index contributed by atoms with van der Waals surface area (Å²) in [4.78, 5) is 0.572. The Balaban J connectivity index is -0.000000312. The van der Waals surface area contributed by atoms with Crippen LogP contribution in [0.2, 0.25) is 0 Å². The molecule has 0 radical (unpaired) electrons. The molecule has 35 heteroatoms. The smallest absolute Gasteiger partial charge is 0.0892 e. The van der Waals surface area contributed by atoms with E-state index in [0.29, 0.717) is 135 Å². The molecule has 0 aliphatic rings. The third kappa shape index (κ3) is 62.6. The van der Waals surface area contributed by atoms with Crippen LogP contribution >= 0.6 is 0 Å². The Morgan fingerprint density at radius 2 is 0.560 bits per heavy atom. The molecular weight excluding hydrogens is 1100 g/mol. The van der Waals surface area contributed by atoms with Gasteiger partial charge in [0.15, 0.2) is 0 Å². The molecule has 0 aromatic carbocycles. The second kappa shape index (κ2) is 65.1. The average molecular weight is 1220 g/mol. The molecule has 0 aromatic rings. The van der Waals surface area contributed by atoms with Crippen molar-refractivity contribution in [3.05, 3.63) is 52.1 Å². The summed E-state index contributed by atoms with van der Waals surface area (Å²) in [6, 6.07) is 2.09. The molecular formula is C49H118N25O10-5. The van der Waals surface area contributed by atoms with Crippen LogP contribution in [0.25, 0.3) is 0 Å². The highest BCUT2D eigenvalue weighted by Crippen LogP contribution is 2.00. The number of hydrazine groups is 5. The van der Waals surface area contributed by atoms with Crippen molar-refractivity contribution in [2.45, 2.75) is 178 Å². The molecule has 0 fully saturated rings. The molecule has 0 aromatic heterocycles. The van der Waals surface area contributed by atoms with E-state index in [1.165, 1.54) is 25.0 Å². The Hall–Kier alpha value is -5.40. The molecule has 0 saturated heterocycles. The highest BCUT2D eigenvalue weighted by molar-refractivity contribution is 4.60. The van der Waals surface area contributed by atoms with Gasteiger partial charge in [-0.05, 0) is 143 Å². The van der Waals surface area contributed by atoms with Crippen LogP contribution in [-0.4, -0.2) is 224 Å². The van der Waals surface area contributed by atoms with Gasteiger partial charge in [-0.3, -0.25) is 0 Å². The first-order valence-corrected chi connectivity index (χ1v) is 30.0. The molecule has 0 amide bonds. The van der Waals surface area contributed by atoms with Crippen molar-refractivity contribution in [1.82, 2.24) is 62.3 Å². The summed E-state index contributed by atoms with van der Waals surface area (Å²) in [7, 11) is 0. The Morgan fingerprint density at radius 1 is 0.298 bits per heavy atom. The van der Waals surface area contributed by atoms with Gasteiger partial charge in [-0.25, -0.2) is 0 Å². The number of unbranched alkanes of at least 4 members (excludes halogenated alkanes) is 1. The van der Waals surface area contributed by atoms with E-state index in [1.807, 2.05) is 34.6 Å². The van der Waals surface area contributed by atoms with Gasteiger partial charge in [0.05, 0.1) is 65.4 Å². The lowest BCUT2D eigenvalue weighted by molar-refractivity contribution is -0.690. The third-order valence-corrected chi connectivity index (χ3v) is 11.1. The van der Waals surface area contributed by atoms with Crippen molar-refractivity contribution in [1.29, 1.82) is 0 Å². The van der Waals surface area contributed by atoms with Crippen LogP contribution in [0, 0.1) is 52.1 Å². The van der Waals surface area contributed by atoms with E-state index in [9.17, 15) is 52.1 Å². The van der Waals surface area contributed by atoms with Gasteiger partial charge >= 0.3 is 0 Å². The van der Waals surface area contributed by atoms with Gasteiger partial charge in [0.2, 0.25) is 0 Å². The Morgan fingerprint density at radius 3 is 0.857 bits per heavy atom. The van der Waals surface area contributed by atoms with Crippen LogP contribution in [-0.2, 0) is 0 Å². The monoisotopic (exact) mass is 1220 g/mol. The SMILES string of the molecule is CC(C)NCCCN(CCCN)/[N+]([O-])=N/[O-].CC(C)NCCCN(CCCNCCCN)/[N+]([O-])=N/[O-].CC(C)NCCN(CCN)/[N+]([O-])=N/[O-].CCCCN(CCCNCCCNC(C)C)/[N+]([O-])=N/[O-].CCCN(CCNC(C)C)/[N+]([O-])=N/[O-]. The van der Waals surface area contributed by atoms with Crippen molar-refractivity contribution in [3.63, 3.8) is 0 Å². The summed E-state index contributed by atoms with van der Waals surface area (Å²) >= 11 is 0. The van der Waals surface area contributed by atoms with Crippen molar-refractivity contribution in [2.75, 3.05) is 144 Å². The van der Waals surface area contributed by atoms with E-state index in [1.54, 1.807) is 0 Å². The summed E-state index contributed by atoms with van der Waals surface area (Å²) in [6.07, 6.45) is 8.60. The molecule has 0 aliphatic carbocycles. The minimum absolute atomic E-state index is 0.0366. The highest BCUT2D eigenvalue weighted by Gasteiger charge is 2.14. The molecule has 0 unspecified atom stereocenters. The van der Waals surface area contributed by atoms with E-state index in [-0.39, 0.29) is 24.8 Å². The normalized spacial score (nSPS) is 12.1. The fraction of sp³-hybridized carbons (Fsp3) is 1.00. The predicted octanol–water partition coefficient (Wildman–Crippen LogP) is 3.30. The molecule has 0 heterocycles. The van der Waals surface area contributed by atoms with Gasteiger partial charge in [0.25, 0.3) is 0 Å². The van der Waals surface area contributed by atoms with E-state index in [0.717, 1.165) is 104 Å². The van der Waals surface area contributed by atoms with Crippen LogP contribution in [0.4, 0.5) is 0 Å². The molecule has 0 atom stereocenters. The maximum atomic E-state index is 11.3. The van der Waals surface area contributed by atoms with Gasteiger partial charge in [-0.2, -0.15) is 0 Å². The molecule has 0 aliphatic heterocycles. The fourth-order valence-electron chi connectivity index (χ4n) is 6.82. The van der Waals surface area contributed by atoms with Crippen LogP contribution in [0.3, 0.4) is 0 Å². The largest absolute Gasteiger partial charge is 0.737 e. The number of nitrogens with one attached hydrogen (secondary N) is 7. The molecule has 13 N–H and O–H groups in total. The number of rotatable bonds is 49. The number of hydrogen-bond donors (Lipinski definition) is 10. The van der Waals surface area contributed by atoms with Crippen LogP contribution in [0.1, 0.15) is 147 Å². The number of nitrogens with two attached hydrogens (primary N) is 3. The third-order valence-electron chi connectivity index (χ3n) is 11.1. The van der Waals surface area contributed by atoms with Crippen LogP contribution in [0.15, 0.2) is 26.4 Å². The van der Waals surface area contributed by atoms with Crippen molar-refractivity contribution >= 4 is 0 Å². The minimum Gasteiger partial charge on any atom is -0.737 e. The average Bonchev–Trinajstić information content (AvgIpc) is 3.47. The maximum Gasteiger partial charge on any atom is 0.0892 e. The number of nitrogens with zero attached hydrogens (tertiary/aromatic N) is 15. The van der Waals surface area contributed by atoms with Crippen molar-refractivity contribution < 1.29 is 24.8 Å². The summed E-state index contributed by atoms with van der Waals surface area (Å²) in [6.45, 7) is 38.4. The highest BCUT2D eigenvalue weighted by atomic mass is 16.6. The predicted molar refractivity (Wildman–Crippen MR) is 331 cm³/mol. The lowest BCUT2D eigenvalue weighted by atomic mass is 10.3. The second-order valence-corrected chi connectivity index (χ2v) is 20.7. The molecule has 0 rings (SSSR count). The zero-order chi connectivity index (χ0) is 64.8. The zero-order valence-electron chi connectivity index (χ0n) is 53.5. The first-order chi connectivity index (χ1) is 40.1. The maximum absolute atomic E-state index is 11.3. The summed E-state index contributed by atoms with van der Waals surface area (Å²) in [5, 5.41) is 147. The first-order valence-electron chi connectivity index (χ1n) is 30.0. The topological polar surface area (TPSA) is 486 Å². The quantitative estimate of drug-likeness (QED) is 0.0181. The molecule has 0 bridgehead atoms. The fourth-order valence-corrected chi connectivity index (χ4v) is 6.82. The van der Waals surface area contributed by atoms with E-state index in [2.05, 4.69) is 112 Å².